The molecule has 0 aliphatic carbocycles. The van der Waals surface area contributed by atoms with Crippen LogP contribution in [0.25, 0.3) is 0 Å². The van der Waals surface area contributed by atoms with Crippen LogP contribution in [0, 0.1) is 0 Å². The van der Waals surface area contributed by atoms with Crippen molar-refractivity contribution in [3.8, 4) is 5.75 Å². The number of nitrogens with one attached hydrogen (secondary N) is 1. The van der Waals surface area contributed by atoms with E-state index in [2.05, 4.69) is 12.2 Å². The molecule has 0 spiro atoms. The minimum absolute atomic E-state index is 0.0966. The van der Waals surface area contributed by atoms with E-state index in [0.29, 0.717) is 31.9 Å². The van der Waals surface area contributed by atoms with Crippen LogP contribution in [0.15, 0.2) is 53.4 Å². The van der Waals surface area contributed by atoms with Gasteiger partial charge in [0, 0.05) is 31.9 Å². The minimum Gasteiger partial charge on any atom is -0.497 e. The summed E-state index contributed by atoms with van der Waals surface area (Å²) >= 11 is 0. The highest BCUT2D eigenvalue weighted by Crippen LogP contribution is 2.20. The van der Waals surface area contributed by atoms with Crippen LogP contribution in [0.3, 0.4) is 0 Å². The molecule has 29 heavy (non-hydrogen) atoms. The Bertz CT molecular complexity index is 919. The van der Waals surface area contributed by atoms with Gasteiger partial charge in [-0.05, 0) is 48.4 Å². The van der Waals surface area contributed by atoms with Gasteiger partial charge < -0.3 is 10.1 Å². The largest absolute Gasteiger partial charge is 0.497 e. The molecule has 3 rings (SSSR count). The Morgan fingerprint density at radius 2 is 1.62 bits per heavy atom. The van der Waals surface area contributed by atoms with Crippen molar-refractivity contribution < 1.29 is 17.9 Å². The molecule has 1 aliphatic rings. The number of nitrogens with zero attached hydrogens (tertiary/aromatic N) is 2. The topological polar surface area (TPSA) is 79.0 Å². The molecule has 156 valence electrons. The smallest absolute Gasteiger partial charge is 0.243 e. The van der Waals surface area contributed by atoms with Crippen molar-refractivity contribution in [1.82, 2.24) is 9.21 Å². The van der Waals surface area contributed by atoms with Crippen molar-refractivity contribution in [2.24, 2.45) is 0 Å². The highest BCUT2D eigenvalue weighted by atomic mass is 32.2. The van der Waals surface area contributed by atoms with Crippen LogP contribution >= 0.6 is 0 Å². The lowest BCUT2D eigenvalue weighted by Crippen LogP contribution is -2.50. The van der Waals surface area contributed by atoms with E-state index in [4.69, 9.17) is 4.74 Å². The predicted molar refractivity (Wildman–Crippen MR) is 113 cm³/mol. The monoisotopic (exact) mass is 417 g/mol. The first-order valence-electron chi connectivity index (χ1n) is 9.67. The number of rotatable bonds is 7. The number of aryl methyl sites for hydroxylation is 1. The number of amides is 1. The number of hydrogen-bond donors (Lipinski definition) is 1. The highest BCUT2D eigenvalue weighted by molar-refractivity contribution is 7.89. The second-order valence-corrected chi connectivity index (χ2v) is 8.89. The first kappa shape index (κ1) is 21.3. The number of ether oxygens (including phenoxy) is 1. The van der Waals surface area contributed by atoms with E-state index in [1.54, 1.807) is 31.4 Å². The Labute approximate surface area is 172 Å². The summed E-state index contributed by atoms with van der Waals surface area (Å²) in [6, 6.07) is 14.2. The van der Waals surface area contributed by atoms with Gasteiger partial charge >= 0.3 is 0 Å². The van der Waals surface area contributed by atoms with Crippen LogP contribution < -0.4 is 10.1 Å². The zero-order valence-corrected chi connectivity index (χ0v) is 17.6. The van der Waals surface area contributed by atoms with Crippen LogP contribution in [0.2, 0.25) is 0 Å². The molecule has 0 bridgehead atoms. The average molecular weight is 418 g/mol. The maximum Gasteiger partial charge on any atom is 0.243 e. The van der Waals surface area contributed by atoms with E-state index in [1.165, 1.54) is 9.87 Å². The fourth-order valence-electron chi connectivity index (χ4n) is 3.25. The number of carbonyl (C=O) groups is 1. The SMILES string of the molecule is CCc1ccc(NC(=O)CN2CCN(S(=O)(=O)c3ccc(OC)cc3)CC2)cc1. The summed E-state index contributed by atoms with van der Waals surface area (Å²) < 4.78 is 32.1. The molecule has 1 N–H and O–H groups in total. The Kier molecular flexibility index (Phi) is 6.89. The zero-order valence-electron chi connectivity index (χ0n) is 16.8. The molecule has 7 nitrogen and oxygen atoms in total. The number of methoxy groups -OCH3 is 1. The highest BCUT2D eigenvalue weighted by Gasteiger charge is 2.29. The number of anilines is 1. The quantitative estimate of drug-likeness (QED) is 0.747. The molecule has 2 aromatic rings. The number of hydrogen-bond acceptors (Lipinski definition) is 5. The van der Waals surface area contributed by atoms with E-state index in [0.717, 1.165) is 12.1 Å². The van der Waals surface area contributed by atoms with Gasteiger partial charge in [0.25, 0.3) is 0 Å². The Morgan fingerprint density at radius 1 is 1.00 bits per heavy atom. The predicted octanol–water partition coefficient (Wildman–Crippen LogP) is 2.20. The molecule has 0 aromatic heterocycles. The van der Waals surface area contributed by atoms with Gasteiger partial charge in [-0.25, -0.2) is 8.42 Å². The Hall–Kier alpha value is -2.42. The fourth-order valence-corrected chi connectivity index (χ4v) is 4.67. The molecule has 1 saturated heterocycles. The third-order valence-corrected chi connectivity index (χ3v) is 6.95. The van der Waals surface area contributed by atoms with Gasteiger partial charge in [0.15, 0.2) is 0 Å². The molecular weight excluding hydrogens is 390 g/mol. The normalized spacial score (nSPS) is 15.8. The standard InChI is InChI=1S/C21H27N3O4S/c1-3-17-4-6-18(7-5-17)22-21(25)16-23-12-14-24(15-13-23)29(26,27)20-10-8-19(28-2)9-11-20/h4-11H,3,12-16H2,1-2H3,(H,22,25). The van der Waals surface area contributed by atoms with Gasteiger partial charge in [-0.15, -0.1) is 0 Å². The molecule has 0 atom stereocenters. The summed E-state index contributed by atoms with van der Waals surface area (Å²) in [6.45, 7) is 4.06. The van der Waals surface area contributed by atoms with Gasteiger partial charge in [0.1, 0.15) is 5.75 Å². The van der Waals surface area contributed by atoms with E-state index in [-0.39, 0.29) is 17.3 Å². The molecule has 2 aromatic carbocycles. The maximum atomic E-state index is 12.8. The van der Waals surface area contributed by atoms with E-state index in [1.807, 2.05) is 29.2 Å². The summed E-state index contributed by atoms with van der Waals surface area (Å²) in [6.07, 6.45) is 0.956. The first-order valence-corrected chi connectivity index (χ1v) is 11.1. The number of carbonyl (C=O) groups excluding carboxylic acids is 1. The molecule has 8 heteroatoms. The molecule has 0 radical (unpaired) electrons. The van der Waals surface area contributed by atoms with Gasteiger partial charge in [0.05, 0.1) is 18.6 Å². The maximum absolute atomic E-state index is 12.8. The van der Waals surface area contributed by atoms with E-state index in [9.17, 15) is 13.2 Å². The first-order chi connectivity index (χ1) is 13.9. The molecule has 0 saturated carbocycles. The van der Waals surface area contributed by atoms with Gasteiger partial charge in [-0.2, -0.15) is 4.31 Å². The van der Waals surface area contributed by atoms with E-state index >= 15 is 0 Å². The van der Waals surface area contributed by atoms with Gasteiger partial charge in [-0.1, -0.05) is 19.1 Å². The number of benzene rings is 2. The molecule has 1 heterocycles. The fraction of sp³-hybridized carbons (Fsp3) is 0.381. The summed E-state index contributed by atoms with van der Waals surface area (Å²) in [7, 11) is -2.00. The van der Waals surface area contributed by atoms with Crippen molar-refractivity contribution >= 4 is 21.6 Å². The minimum atomic E-state index is -3.54. The zero-order chi connectivity index (χ0) is 20.9. The van der Waals surface area contributed by atoms with Gasteiger partial charge in [-0.3, -0.25) is 9.69 Å². The van der Waals surface area contributed by atoms with E-state index < -0.39 is 10.0 Å². The Balaban J connectivity index is 1.52. The van der Waals surface area contributed by atoms with Crippen molar-refractivity contribution in [2.45, 2.75) is 18.2 Å². The van der Waals surface area contributed by atoms with Crippen molar-refractivity contribution in [1.29, 1.82) is 0 Å². The molecular formula is C21H27N3O4S. The molecule has 1 amide bonds. The van der Waals surface area contributed by atoms with Crippen LogP contribution in [0.1, 0.15) is 12.5 Å². The van der Waals surface area contributed by atoms with Gasteiger partial charge in [0.2, 0.25) is 15.9 Å². The lowest BCUT2D eigenvalue weighted by atomic mass is 10.1. The summed E-state index contributed by atoms with van der Waals surface area (Å²) in [5.74, 6) is 0.518. The summed E-state index contributed by atoms with van der Waals surface area (Å²) in [5.41, 5.74) is 1.99. The number of sulfonamides is 1. The lowest BCUT2D eigenvalue weighted by Gasteiger charge is -2.33. The molecule has 1 fully saturated rings. The van der Waals surface area contributed by atoms with Crippen molar-refractivity contribution in [3.63, 3.8) is 0 Å². The third kappa shape index (κ3) is 5.35. The number of piperazine rings is 1. The van der Waals surface area contributed by atoms with Crippen molar-refractivity contribution in [3.05, 3.63) is 54.1 Å². The lowest BCUT2D eigenvalue weighted by molar-refractivity contribution is -0.117. The van der Waals surface area contributed by atoms with Crippen molar-refractivity contribution in [2.75, 3.05) is 45.2 Å². The van der Waals surface area contributed by atoms with Crippen LogP contribution in [-0.4, -0.2) is 63.4 Å². The van der Waals surface area contributed by atoms with Crippen LogP contribution in [0.5, 0.6) is 5.75 Å². The molecule has 0 unspecified atom stereocenters. The van der Waals surface area contributed by atoms with Crippen LogP contribution in [-0.2, 0) is 21.2 Å². The molecule has 1 aliphatic heterocycles. The third-order valence-electron chi connectivity index (χ3n) is 5.04. The summed E-state index contributed by atoms with van der Waals surface area (Å²) in [4.78, 5) is 14.5. The second kappa shape index (κ2) is 9.39. The Morgan fingerprint density at radius 3 is 2.17 bits per heavy atom. The summed E-state index contributed by atoms with van der Waals surface area (Å²) in [5, 5.41) is 2.89. The second-order valence-electron chi connectivity index (χ2n) is 6.95. The average Bonchev–Trinajstić information content (AvgIpc) is 2.74. The van der Waals surface area contributed by atoms with Crippen LogP contribution in [0.4, 0.5) is 5.69 Å².